The molecule has 1 aliphatic rings. The van der Waals surface area contributed by atoms with Crippen LogP contribution in [0.1, 0.15) is 51.9 Å². The first-order chi connectivity index (χ1) is 11.6. The molecule has 25 heavy (non-hydrogen) atoms. The molecule has 5 nitrogen and oxygen atoms in total. The molecule has 0 saturated heterocycles. The number of benzene rings is 1. The molecule has 0 unspecified atom stereocenters. The van der Waals surface area contributed by atoms with Crippen molar-refractivity contribution in [2.24, 2.45) is 0 Å². The summed E-state index contributed by atoms with van der Waals surface area (Å²) in [5.74, 6) is -0.468. The molecule has 0 radical (unpaired) electrons. The van der Waals surface area contributed by atoms with Gasteiger partial charge in [-0.3, -0.25) is 0 Å². The summed E-state index contributed by atoms with van der Waals surface area (Å²) in [6.45, 7) is 13.4. The van der Waals surface area contributed by atoms with Gasteiger partial charge < -0.3 is 0 Å². The molecule has 0 N–H and O–H groups in total. The molecule has 2 rings (SSSR count). The molecule has 1 heterocycles. The normalized spacial score (nSPS) is 15.2. The van der Waals surface area contributed by atoms with Gasteiger partial charge in [-0.05, 0) is 0 Å². The Balaban J connectivity index is 2.46. The van der Waals surface area contributed by atoms with Crippen molar-refractivity contribution in [1.29, 1.82) is 0 Å². The van der Waals surface area contributed by atoms with E-state index in [2.05, 4.69) is 51.0 Å². The van der Waals surface area contributed by atoms with Crippen LogP contribution in [0.3, 0.4) is 0 Å². The maximum atomic E-state index is 12.1. The van der Waals surface area contributed by atoms with Crippen molar-refractivity contribution >= 4 is 40.0 Å². The second kappa shape index (κ2) is 7.46. The molecule has 7 heteroatoms. The van der Waals surface area contributed by atoms with Crippen LogP contribution < -0.4 is 0 Å². The van der Waals surface area contributed by atoms with Crippen LogP contribution in [0.25, 0.3) is 0 Å². The first kappa shape index (κ1) is 19.9. The SMILES string of the molecule is CC(C)[Si](C#CI1OC(=O)c2cc([N+](=O)[O-])ccc21)(C(C)C)C(C)C. The van der Waals surface area contributed by atoms with E-state index in [4.69, 9.17) is 3.07 Å². The predicted molar refractivity (Wildman–Crippen MR) is 110 cm³/mol. The molecule has 136 valence electrons. The average Bonchev–Trinajstić information content (AvgIpc) is 2.82. The Hall–Kier alpha value is -1.40. The maximum absolute atomic E-state index is 12.1. The summed E-state index contributed by atoms with van der Waals surface area (Å²) in [7, 11) is -1.89. The zero-order valence-electron chi connectivity index (χ0n) is 15.4. The van der Waals surface area contributed by atoms with Crippen molar-refractivity contribution in [2.45, 2.75) is 58.2 Å². The van der Waals surface area contributed by atoms with Gasteiger partial charge in [0.05, 0.1) is 0 Å². The van der Waals surface area contributed by atoms with Crippen LogP contribution in [0, 0.1) is 23.2 Å². The van der Waals surface area contributed by atoms with Crippen molar-refractivity contribution in [3.05, 3.63) is 37.4 Å². The molecule has 0 atom stereocenters. The van der Waals surface area contributed by atoms with Gasteiger partial charge in [-0.2, -0.15) is 0 Å². The van der Waals surface area contributed by atoms with Crippen molar-refractivity contribution in [2.75, 3.05) is 0 Å². The van der Waals surface area contributed by atoms with Gasteiger partial charge >= 0.3 is 158 Å². The van der Waals surface area contributed by atoms with Crippen molar-refractivity contribution in [1.82, 2.24) is 0 Å². The van der Waals surface area contributed by atoms with Gasteiger partial charge in [0, 0.05) is 0 Å². The zero-order chi connectivity index (χ0) is 18.9. The zero-order valence-corrected chi connectivity index (χ0v) is 18.6. The third-order valence-corrected chi connectivity index (χ3v) is 15.3. The van der Waals surface area contributed by atoms with Gasteiger partial charge in [-0.1, -0.05) is 0 Å². The molecular weight excluding hydrogens is 449 g/mol. The second-order valence-corrected chi connectivity index (χ2v) is 16.3. The second-order valence-electron chi connectivity index (χ2n) is 7.15. The number of fused-ring (bicyclic) bond motifs is 1. The van der Waals surface area contributed by atoms with E-state index in [1.807, 2.05) is 0 Å². The van der Waals surface area contributed by atoms with E-state index in [9.17, 15) is 14.9 Å². The molecule has 1 aliphatic heterocycles. The quantitative estimate of drug-likeness (QED) is 0.190. The van der Waals surface area contributed by atoms with E-state index < -0.39 is 39.2 Å². The molecule has 0 spiro atoms. The number of non-ortho nitro benzene ring substituents is 1. The summed E-state index contributed by atoms with van der Waals surface area (Å²) in [4.78, 5) is 22.5. The van der Waals surface area contributed by atoms with Crippen LogP contribution >= 0.6 is 20.2 Å². The van der Waals surface area contributed by atoms with Crippen LogP contribution in [0.2, 0.25) is 16.6 Å². The minimum absolute atomic E-state index is 0.0864. The molecule has 1 aromatic rings. The van der Waals surface area contributed by atoms with E-state index in [1.165, 1.54) is 12.1 Å². The summed E-state index contributed by atoms with van der Waals surface area (Å²) in [6.07, 6.45) is 0. The number of rotatable bonds is 4. The molecule has 0 aliphatic carbocycles. The van der Waals surface area contributed by atoms with Crippen LogP contribution in [0.15, 0.2) is 18.2 Å². The summed E-state index contributed by atoms with van der Waals surface area (Å²) in [6, 6.07) is 4.40. The van der Waals surface area contributed by atoms with Gasteiger partial charge in [-0.25, -0.2) is 0 Å². The van der Waals surface area contributed by atoms with E-state index in [0.717, 1.165) is 3.57 Å². The monoisotopic (exact) mass is 473 g/mol. The van der Waals surface area contributed by atoms with Gasteiger partial charge in [0.15, 0.2) is 0 Å². The number of hydrogen-bond donors (Lipinski definition) is 0. The fourth-order valence-electron chi connectivity index (χ4n) is 3.71. The Bertz CT molecular complexity index is 742. The number of nitro groups is 1. The fourth-order valence-corrected chi connectivity index (χ4v) is 13.7. The number of hydrogen-bond acceptors (Lipinski definition) is 4. The van der Waals surface area contributed by atoms with Crippen LogP contribution in [0.5, 0.6) is 0 Å². The van der Waals surface area contributed by atoms with Gasteiger partial charge in [-0.15, -0.1) is 0 Å². The third-order valence-electron chi connectivity index (χ3n) is 4.93. The van der Waals surface area contributed by atoms with Gasteiger partial charge in [0.25, 0.3) is 0 Å². The Kier molecular flexibility index (Phi) is 5.94. The van der Waals surface area contributed by atoms with E-state index >= 15 is 0 Å². The molecule has 0 fully saturated rings. The third kappa shape index (κ3) is 3.60. The number of halogens is 1. The van der Waals surface area contributed by atoms with E-state index in [-0.39, 0.29) is 5.69 Å². The number of carbonyl (C=O) groups excluding carboxylic acids is 1. The van der Waals surface area contributed by atoms with E-state index in [1.54, 1.807) is 6.07 Å². The number of nitrogens with zero attached hydrogens (tertiary/aromatic N) is 1. The van der Waals surface area contributed by atoms with Crippen LogP contribution in [-0.4, -0.2) is 19.0 Å². The average molecular weight is 473 g/mol. The Labute approximate surface area is 157 Å². The topological polar surface area (TPSA) is 69.4 Å². The number of nitro benzene ring substituents is 1. The van der Waals surface area contributed by atoms with Crippen LogP contribution in [0.4, 0.5) is 5.69 Å². The van der Waals surface area contributed by atoms with Crippen molar-refractivity contribution < 1.29 is 12.8 Å². The first-order valence-corrected chi connectivity index (χ1v) is 13.6. The summed E-state index contributed by atoms with van der Waals surface area (Å²) in [5, 5.41) is 10.9. The summed E-state index contributed by atoms with van der Waals surface area (Å²) < 4.78 is 9.69. The Morgan fingerprint density at radius 3 is 2.16 bits per heavy atom. The molecule has 1 aromatic carbocycles. The van der Waals surface area contributed by atoms with Crippen molar-refractivity contribution in [3.8, 4) is 9.47 Å². The molecule has 0 aromatic heterocycles. The standard InChI is InChI=1S/C18H24INO4Si/c1-12(2)25(13(3)4,14(5)6)10-9-19-17-8-7-15(20(22)23)11-16(17)18(21)24-19/h7-8,11-14H,1-6H3. The Morgan fingerprint density at radius 1 is 1.12 bits per heavy atom. The summed E-state index contributed by atoms with van der Waals surface area (Å²) >= 11 is -2.41. The first-order valence-electron chi connectivity index (χ1n) is 8.35. The summed E-state index contributed by atoms with van der Waals surface area (Å²) in [5.41, 5.74) is 5.37. The molecule has 0 saturated carbocycles. The minimum atomic E-state index is -2.41. The molecule has 0 bridgehead atoms. The molecular formula is C18H24INO4Si. The predicted octanol–water partition coefficient (Wildman–Crippen LogP) is 5.54. The van der Waals surface area contributed by atoms with Gasteiger partial charge in [0.2, 0.25) is 0 Å². The van der Waals surface area contributed by atoms with Crippen molar-refractivity contribution in [3.63, 3.8) is 0 Å². The van der Waals surface area contributed by atoms with Gasteiger partial charge in [0.1, 0.15) is 0 Å². The number of carbonyl (C=O) groups is 1. The molecule has 0 amide bonds. The van der Waals surface area contributed by atoms with E-state index in [0.29, 0.717) is 22.2 Å². The fraction of sp³-hybridized carbons (Fsp3) is 0.500. The van der Waals surface area contributed by atoms with Crippen LogP contribution in [-0.2, 0) is 3.07 Å². The Morgan fingerprint density at radius 2 is 1.68 bits per heavy atom.